The minimum atomic E-state index is -2.06. The Morgan fingerprint density at radius 1 is 0.519 bits per heavy atom. The van der Waals surface area contributed by atoms with Crippen LogP contribution in [0.4, 0.5) is 0 Å². The van der Waals surface area contributed by atoms with Crippen LogP contribution in [0.25, 0.3) is 0 Å². The average Bonchev–Trinajstić information content (AvgIpc) is 3.34. The molecule has 77 heavy (non-hydrogen) atoms. The lowest BCUT2D eigenvalue weighted by atomic mass is 9.32. The second kappa shape index (κ2) is 20.9. The van der Waals surface area contributed by atoms with Gasteiger partial charge in [-0.05, 0) is 86.4 Å². The van der Waals surface area contributed by atoms with Gasteiger partial charge in [0.1, 0.15) is 91.6 Å². The molecule has 442 valence electrons. The molecule has 23 nitrogen and oxygen atoms in total. The minimum absolute atomic E-state index is 0.0140. The number of hydrogen-bond acceptors (Lipinski definition) is 23. The molecule has 2 bridgehead atoms. The first kappa shape index (κ1) is 59.0. The number of aliphatic hydroxyl groups excluding tert-OH is 14. The van der Waals surface area contributed by atoms with Crippen LogP contribution in [0.5, 0.6) is 0 Å². The van der Waals surface area contributed by atoms with Crippen LogP contribution in [0.1, 0.15) is 99.8 Å². The highest BCUT2D eigenvalue weighted by Crippen LogP contribution is 2.79. The maximum absolute atomic E-state index is 12.3. The molecule has 23 heteroatoms. The van der Waals surface area contributed by atoms with Crippen molar-refractivity contribution in [3.8, 4) is 0 Å². The lowest BCUT2D eigenvalue weighted by Gasteiger charge is -2.73. The van der Waals surface area contributed by atoms with Crippen molar-refractivity contribution in [2.24, 2.45) is 50.2 Å². The molecule has 5 aliphatic heterocycles. The standard InChI is InChI=1S/C54H88O23/c1-23-32(60)42(76-46-40(68)37(65)41(26(20-57)73-46)75-44-38(66)35(63)33(61)24(18-55)71-44)43(77-45-39(67)36(64)34(62)25(19-56)72-45)47(70-23)74-31-10-11-49(4)27(50(31,5)21-58)8-12-51(6)28(49)9-13-54-29-16-48(2,3)14-15-53(29,22-69-54)30(59)17-52(51,54)7/h9,13,23-47,55-68H,8,10-12,14-22H2,1-7H3/t23-,24-,25-,26-,27?,28?,29-,30+,31+,32+,33-,34-,35+,36+,37-,38-,39-,40-,41-,42+,43-,44+,45+,46+,47+,49+,50+,51-,52+,53-,54+/m1/s1. The summed E-state index contributed by atoms with van der Waals surface area (Å²) in [6, 6.07) is 0. The summed E-state index contributed by atoms with van der Waals surface area (Å²) in [5.74, 6) is 0.0283. The first-order valence-corrected chi connectivity index (χ1v) is 28.0. The summed E-state index contributed by atoms with van der Waals surface area (Å²) in [7, 11) is 0. The smallest absolute Gasteiger partial charge is 0.187 e. The number of rotatable bonds is 12. The van der Waals surface area contributed by atoms with Crippen LogP contribution in [-0.2, 0) is 42.6 Å². The number of allylic oxidation sites excluding steroid dienone is 1. The first-order chi connectivity index (χ1) is 36.2. The van der Waals surface area contributed by atoms with Gasteiger partial charge in [-0.25, -0.2) is 0 Å². The number of fused-ring (bicyclic) bond motifs is 4. The maximum atomic E-state index is 12.3. The Balaban J connectivity index is 0.934. The second-order valence-electron chi connectivity index (χ2n) is 26.6. The zero-order valence-electron chi connectivity index (χ0n) is 45.2. The number of ether oxygens (including phenoxy) is 9. The van der Waals surface area contributed by atoms with E-state index in [1.165, 1.54) is 6.92 Å². The Morgan fingerprint density at radius 2 is 1.08 bits per heavy atom. The van der Waals surface area contributed by atoms with Crippen LogP contribution in [0.2, 0.25) is 0 Å². The minimum Gasteiger partial charge on any atom is -0.396 e. The van der Waals surface area contributed by atoms with Crippen LogP contribution < -0.4 is 0 Å². The van der Waals surface area contributed by atoms with Crippen LogP contribution in [-0.4, -0.2) is 245 Å². The largest absolute Gasteiger partial charge is 0.396 e. The van der Waals surface area contributed by atoms with Gasteiger partial charge in [0.25, 0.3) is 0 Å². The SMILES string of the molecule is C[C@H]1O[C@@H](O[C@H]2CC[C@@]3(C)C(CC[C@]4(C)C3C=C[C@]35OC[C@@]6(CCC(C)(C)C[C@H]63)[C@@H](O)C[C@]54C)[C@]2(C)CO)[C@H](O[C@@H]2O[C@H](CO)[C@@H](O)[C@H](O)[C@H]2O)[C@@H](O[C@@H]2O[C@H](CO)[C@@H](O[C@@H]3O[C@H](CO)[C@@H](O)[C@H](O)[C@H]3O)[C@H](O)[C@H]2O)[C@H]1O. The molecular weight excluding hydrogens is 1020 g/mol. The van der Waals surface area contributed by atoms with E-state index in [-0.39, 0.29) is 40.6 Å². The van der Waals surface area contributed by atoms with Gasteiger partial charge in [0, 0.05) is 22.2 Å². The van der Waals surface area contributed by atoms with Crippen molar-refractivity contribution < 1.29 is 114 Å². The molecule has 5 saturated heterocycles. The average molecular weight is 1110 g/mol. The van der Waals surface area contributed by atoms with E-state index in [1.807, 2.05) is 6.92 Å². The Hall–Kier alpha value is -1.18. The van der Waals surface area contributed by atoms with Crippen LogP contribution >= 0.6 is 0 Å². The fourth-order valence-electron chi connectivity index (χ4n) is 17.2. The Kier molecular flexibility index (Phi) is 16.0. The van der Waals surface area contributed by atoms with E-state index in [4.69, 9.17) is 42.6 Å². The lowest BCUT2D eigenvalue weighted by Crippen LogP contribution is -2.72. The lowest BCUT2D eigenvalue weighted by molar-refractivity contribution is -0.403. The van der Waals surface area contributed by atoms with E-state index in [0.29, 0.717) is 32.3 Å². The van der Waals surface area contributed by atoms with Crippen LogP contribution in [0.15, 0.2) is 12.2 Å². The molecule has 1 spiro atoms. The zero-order chi connectivity index (χ0) is 55.9. The molecule has 5 heterocycles. The van der Waals surface area contributed by atoms with Gasteiger partial charge < -0.3 is 114 Å². The normalized spacial score (nSPS) is 58.1. The van der Waals surface area contributed by atoms with E-state index in [9.17, 15) is 71.5 Å². The summed E-state index contributed by atoms with van der Waals surface area (Å²) >= 11 is 0. The molecule has 10 rings (SSSR count). The van der Waals surface area contributed by atoms with Crippen LogP contribution in [0, 0.1) is 50.2 Å². The van der Waals surface area contributed by atoms with Gasteiger partial charge in [-0.3, -0.25) is 0 Å². The molecular formula is C54H88O23. The van der Waals surface area contributed by atoms with Gasteiger partial charge >= 0.3 is 0 Å². The predicted molar refractivity (Wildman–Crippen MR) is 262 cm³/mol. The topological polar surface area (TPSA) is 366 Å². The molecule has 0 aromatic rings. The maximum Gasteiger partial charge on any atom is 0.187 e. The van der Waals surface area contributed by atoms with E-state index in [2.05, 4.69) is 46.8 Å². The fraction of sp³-hybridized carbons (Fsp3) is 0.963. The number of hydrogen-bond donors (Lipinski definition) is 14. The third-order valence-corrected chi connectivity index (χ3v) is 22.2. The van der Waals surface area contributed by atoms with Crippen molar-refractivity contribution in [1.82, 2.24) is 0 Å². The van der Waals surface area contributed by atoms with Crippen molar-refractivity contribution in [1.29, 1.82) is 0 Å². The van der Waals surface area contributed by atoms with E-state index < -0.39 is 177 Å². The molecule has 14 N–H and O–H groups in total. The van der Waals surface area contributed by atoms with Crippen molar-refractivity contribution in [3.63, 3.8) is 0 Å². The van der Waals surface area contributed by atoms with Gasteiger partial charge in [-0.2, -0.15) is 0 Å². The highest BCUT2D eigenvalue weighted by molar-refractivity contribution is 5.36. The van der Waals surface area contributed by atoms with Crippen molar-refractivity contribution in [2.75, 3.05) is 33.0 Å². The Morgan fingerprint density at radius 3 is 1.66 bits per heavy atom. The van der Waals surface area contributed by atoms with E-state index in [1.54, 1.807) is 0 Å². The van der Waals surface area contributed by atoms with E-state index >= 15 is 0 Å². The molecule has 2 unspecified atom stereocenters. The van der Waals surface area contributed by atoms with Gasteiger partial charge in [0.2, 0.25) is 0 Å². The Bertz CT molecular complexity index is 2120. The molecule has 9 fully saturated rings. The molecule has 5 aliphatic carbocycles. The second-order valence-corrected chi connectivity index (χ2v) is 26.6. The summed E-state index contributed by atoms with van der Waals surface area (Å²) < 4.78 is 56.2. The summed E-state index contributed by atoms with van der Waals surface area (Å²) in [6.45, 7) is 12.9. The monoisotopic (exact) mass is 1100 g/mol. The third kappa shape index (κ3) is 8.84. The molecule has 0 radical (unpaired) electrons. The summed E-state index contributed by atoms with van der Waals surface area (Å²) in [4.78, 5) is 0. The summed E-state index contributed by atoms with van der Waals surface area (Å²) in [6.07, 6.45) is -25.1. The highest BCUT2D eigenvalue weighted by Gasteiger charge is 2.79. The molecule has 0 aromatic carbocycles. The van der Waals surface area contributed by atoms with Crippen molar-refractivity contribution in [3.05, 3.63) is 12.2 Å². The number of aliphatic hydroxyl groups is 14. The quantitative estimate of drug-likeness (QED) is 0.0705. The summed E-state index contributed by atoms with van der Waals surface area (Å²) in [5.41, 5.74) is -2.83. The fourth-order valence-corrected chi connectivity index (χ4v) is 17.2. The van der Waals surface area contributed by atoms with E-state index in [0.717, 1.165) is 25.7 Å². The molecule has 0 aromatic heterocycles. The highest BCUT2D eigenvalue weighted by atomic mass is 16.8. The van der Waals surface area contributed by atoms with Crippen LogP contribution in [0.3, 0.4) is 0 Å². The van der Waals surface area contributed by atoms with Gasteiger partial charge in [-0.1, -0.05) is 53.7 Å². The van der Waals surface area contributed by atoms with Gasteiger partial charge in [0.15, 0.2) is 25.2 Å². The Labute approximate surface area is 448 Å². The van der Waals surface area contributed by atoms with Gasteiger partial charge in [-0.15, -0.1) is 0 Å². The zero-order valence-corrected chi connectivity index (χ0v) is 45.2. The van der Waals surface area contributed by atoms with Crippen molar-refractivity contribution >= 4 is 0 Å². The first-order valence-electron chi connectivity index (χ1n) is 28.0. The van der Waals surface area contributed by atoms with Crippen molar-refractivity contribution in [2.45, 2.75) is 240 Å². The third-order valence-electron chi connectivity index (χ3n) is 22.2. The van der Waals surface area contributed by atoms with Gasteiger partial charge in [0.05, 0.1) is 56.9 Å². The predicted octanol–water partition coefficient (Wildman–Crippen LogP) is -2.57. The molecule has 31 atom stereocenters. The molecule has 4 saturated carbocycles. The molecule has 0 amide bonds. The molecule has 10 aliphatic rings. The summed E-state index contributed by atoms with van der Waals surface area (Å²) in [5, 5.41) is 154.